The van der Waals surface area contributed by atoms with Gasteiger partial charge in [0, 0.05) is 0 Å². The van der Waals surface area contributed by atoms with E-state index < -0.39 is 0 Å². The molecule has 1 heteroatoms. The molecule has 0 amide bonds. The molecule has 0 aromatic rings. The third kappa shape index (κ3) is 3.81. The summed E-state index contributed by atoms with van der Waals surface area (Å²) in [4.78, 5) is 0. The van der Waals surface area contributed by atoms with Crippen molar-refractivity contribution >= 4 is 55.5 Å². The predicted octanol–water partition coefficient (Wildman–Crippen LogP) is 0.983. The van der Waals surface area contributed by atoms with Crippen molar-refractivity contribution < 1.29 is 0 Å². The molecule has 0 bridgehead atoms. The van der Waals surface area contributed by atoms with Crippen molar-refractivity contribution in [3.05, 3.63) is 0 Å². The van der Waals surface area contributed by atoms with E-state index in [-0.39, 0.29) is 0 Å². The van der Waals surface area contributed by atoms with Crippen LogP contribution in [-0.4, -0.2) is 55.5 Å². The van der Waals surface area contributed by atoms with Gasteiger partial charge in [-0.05, 0) is 0 Å². The molecular weight excluding hydrogens is 122 g/mol. The van der Waals surface area contributed by atoms with Gasteiger partial charge in [-0.3, -0.25) is 0 Å². The molecule has 0 saturated carbocycles. The molecule has 0 aliphatic rings. The quantitative estimate of drug-likeness (QED) is 0.494. The van der Waals surface area contributed by atoms with E-state index in [0.717, 1.165) is 55.5 Å². The van der Waals surface area contributed by atoms with Gasteiger partial charge in [0.2, 0.25) is 0 Å². The summed E-state index contributed by atoms with van der Waals surface area (Å²) in [5.74, 6) is 0. The van der Waals surface area contributed by atoms with Gasteiger partial charge in [0.25, 0.3) is 0 Å². The van der Waals surface area contributed by atoms with Crippen LogP contribution < -0.4 is 0 Å². The Morgan fingerprint density at radius 1 is 1.75 bits per heavy atom. The van der Waals surface area contributed by atoms with Gasteiger partial charge < -0.3 is 0 Å². The second kappa shape index (κ2) is 4.81. The second-order valence-corrected chi connectivity index (χ2v) is 3.46. The zero-order valence-electron chi connectivity index (χ0n) is 3.41. The fraction of sp³-hybridized carbons (Fsp3) is 1.00. The van der Waals surface area contributed by atoms with Gasteiger partial charge in [-0.1, -0.05) is 0 Å². The molecule has 0 heterocycles. The second-order valence-electron chi connectivity index (χ2n) is 1.000. The van der Waals surface area contributed by atoms with E-state index in [1.807, 2.05) is 0 Å². The predicted molar refractivity (Wildman–Crippen MR) is 20.9 cm³/mol. The van der Waals surface area contributed by atoms with Crippen LogP contribution in [0.5, 0.6) is 0 Å². The molecule has 0 saturated heterocycles. The molecule has 0 nitrogen and oxygen atoms in total. The van der Waals surface area contributed by atoms with Crippen molar-refractivity contribution in [1.29, 1.82) is 0 Å². The van der Waals surface area contributed by atoms with E-state index >= 15 is 0 Å². The fourth-order valence-electron chi connectivity index (χ4n) is 0. The van der Waals surface area contributed by atoms with Gasteiger partial charge >= 0.3 is 68.4 Å². The molecule has 0 radical (unpaired) electrons. The van der Waals surface area contributed by atoms with Crippen LogP contribution in [0.25, 0.3) is 0 Å². The molecular formula is C3H7Rb. The number of rotatable bonds is 1. The Balaban J connectivity index is 1.97. The zero-order valence-corrected chi connectivity index (χ0v) is 8.33. The first-order valence-electron chi connectivity index (χ1n) is 1.91. The van der Waals surface area contributed by atoms with Crippen LogP contribution in [-0.2, 0) is 0 Å². The first-order valence-corrected chi connectivity index (χ1v) is 5.39. The van der Waals surface area contributed by atoms with Gasteiger partial charge in [0.05, 0.1) is 0 Å². The third-order valence-electron chi connectivity index (χ3n) is 0.500. The Kier molecular flexibility index (Phi) is 6.97. The normalized spacial score (nSPS) is 7.75. The van der Waals surface area contributed by atoms with Crippen LogP contribution in [0.15, 0.2) is 0 Å². The van der Waals surface area contributed by atoms with Crippen LogP contribution in [0, 0.1) is 0 Å². The van der Waals surface area contributed by atoms with E-state index in [9.17, 15) is 0 Å². The standard InChI is InChI=1S/C3H7.Rb/c1-3-2;/h1,3H2,2H3;. The molecule has 0 aromatic heterocycles. The molecule has 4 heavy (non-hydrogen) atoms. The average Bonchev–Trinajstić information content (AvgIpc) is 1.37. The first-order chi connectivity index (χ1) is 1.91. The summed E-state index contributed by atoms with van der Waals surface area (Å²) >= 11 is 0.985. The Morgan fingerprint density at radius 2 is 2.00 bits per heavy atom. The molecule has 0 unspecified atom stereocenters. The Morgan fingerprint density at radius 3 is 2.00 bits per heavy atom. The molecule has 0 spiro atoms. The van der Waals surface area contributed by atoms with E-state index in [0.29, 0.717) is 0 Å². The molecule has 0 N–H and O–H groups in total. The molecule has 0 aromatic carbocycles. The third-order valence-corrected chi connectivity index (χ3v) is 2.96. The number of hydrogen-bond donors (Lipinski definition) is 0. The van der Waals surface area contributed by atoms with Gasteiger partial charge in [-0.2, -0.15) is 0 Å². The monoisotopic (exact) mass is 128 g/mol. The van der Waals surface area contributed by atoms with E-state index in [2.05, 4.69) is 6.92 Å². The summed E-state index contributed by atoms with van der Waals surface area (Å²) in [5.41, 5.74) is 0. The Labute approximate surface area is 66.7 Å². The molecule has 0 atom stereocenters. The zero-order chi connectivity index (χ0) is 3.41. The topological polar surface area (TPSA) is 0 Å². The SMILES string of the molecule is CC[CH2][Rb]. The fourth-order valence-corrected chi connectivity index (χ4v) is 0. The Hall–Kier alpha value is 1.81. The van der Waals surface area contributed by atoms with E-state index in [1.54, 1.807) is 0 Å². The molecule has 0 aliphatic carbocycles. The van der Waals surface area contributed by atoms with E-state index in [4.69, 9.17) is 0 Å². The summed E-state index contributed by atoms with van der Waals surface area (Å²) in [5, 5.41) is 0. The molecule has 20 valence electrons. The van der Waals surface area contributed by atoms with E-state index in [1.165, 1.54) is 5.91 Å². The van der Waals surface area contributed by atoms with Crippen LogP contribution in [0.1, 0.15) is 13.3 Å². The van der Waals surface area contributed by atoms with Crippen LogP contribution >= 0.6 is 0 Å². The van der Waals surface area contributed by atoms with Crippen molar-refractivity contribution in [1.82, 2.24) is 0 Å². The van der Waals surface area contributed by atoms with Crippen molar-refractivity contribution in [2.24, 2.45) is 0 Å². The van der Waals surface area contributed by atoms with Gasteiger partial charge in [-0.15, -0.1) is 0 Å². The first kappa shape index (κ1) is 5.81. The molecule has 0 aliphatic heterocycles. The Bertz CT molecular complexity index is 5.25. The average molecular weight is 129 g/mol. The summed E-state index contributed by atoms with van der Waals surface area (Å²) in [7, 11) is 0. The minimum absolute atomic E-state index is 0.985. The van der Waals surface area contributed by atoms with Crippen molar-refractivity contribution in [2.45, 2.75) is 12.8 Å². The van der Waals surface area contributed by atoms with Crippen molar-refractivity contribution in [3.8, 4) is 0 Å². The van der Waals surface area contributed by atoms with Crippen LogP contribution in [0.4, 0.5) is 0 Å². The van der Waals surface area contributed by atoms with Crippen molar-refractivity contribution in [3.63, 3.8) is 0 Å². The minimum atomic E-state index is 0.985. The van der Waals surface area contributed by atoms with Crippen LogP contribution in [0.2, 0.25) is -0.511 Å². The van der Waals surface area contributed by atoms with Gasteiger partial charge in [0.15, 0.2) is 0 Å². The van der Waals surface area contributed by atoms with Crippen LogP contribution in [0.3, 0.4) is 0 Å². The summed E-state index contributed by atoms with van der Waals surface area (Å²) in [6.45, 7) is 2.23. The van der Waals surface area contributed by atoms with Crippen molar-refractivity contribution in [2.75, 3.05) is 0 Å². The summed E-state index contributed by atoms with van der Waals surface area (Å²) in [6, 6.07) is 0. The summed E-state index contributed by atoms with van der Waals surface area (Å²) < 4.78 is 1.53. The molecule has 0 fully saturated rings. The maximum atomic E-state index is 2.23. The maximum absolute atomic E-state index is 2.23. The molecule has 0 rings (SSSR count). The number of hydrogen-bond acceptors (Lipinski definition) is 0. The summed E-state index contributed by atoms with van der Waals surface area (Å²) in [6.07, 6.45) is 1.41. The van der Waals surface area contributed by atoms with Gasteiger partial charge in [-0.25, -0.2) is 0 Å². The van der Waals surface area contributed by atoms with Gasteiger partial charge in [0.1, 0.15) is 0 Å².